The number of aryl methyl sites for hydroxylation is 2. The molecule has 0 aliphatic heterocycles. The van der Waals surface area contributed by atoms with Crippen LogP contribution in [-0.2, 0) is 11.2 Å². The van der Waals surface area contributed by atoms with Crippen LogP contribution in [0, 0.1) is 13.8 Å². The van der Waals surface area contributed by atoms with Crippen molar-refractivity contribution in [3.63, 3.8) is 0 Å². The summed E-state index contributed by atoms with van der Waals surface area (Å²) in [7, 11) is 0. The van der Waals surface area contributed by atoms with Gasteiger partial charge in [-0.15, -0.1) is 11.3 Å². The van der Waals surface area contributed by atoms with E-state index in [-0.39, 0.29) is 6.42 Å². The van der Waals surface area contributed by atoms with Gasteiger partial charge < -0.3 is 9.84 Å². The largest absolute Gasteiger partial charge is 0.481 e. The fraction of sp³-hybridized carbons (Fsp3) is 0.158. The SMILES string of the molecule is Cc1cccc(C)c1Oc1ccc(-c2nc(CC(=O)O)cs2)cc1. The summed E-state index contributed by atoms with van der Waals surface area (Å²) in [5.41, 5.74) is 3.72. The molecular weight excluding hydrogens is 322 g/mol. The van der Waals surface area contributed by atoms with Gasteiger partial charge in [-0.25, -0.2) is 4.98 Å². The Labute approximate surface area is 144 Å². The summed E-state index contributed by atoms with van der Waals surface area (Å²) in [6.07, 6.45) is -0.0513. The van der Waals surface area contributed by atoms with E-state index in [2.05, 4.69) is 4.98 Å². The van der Waals surface area contributed by atoms with E-state index in [4.69, 9.17) is 9.84 Å². The maximum Gasteiger partial charge on any atom is 0.309 e. The molecule has 0 amide bonds. The lowest BCUT2D eigenvalue weighted by atomic mass is 10.1. The minimum Gasteiger partial charge on any atom is -0.481 e. The van der Waals surface area contributed by atoms with E-state index in [1.54, 1.807) is 5.38 Å². The van der Waals surface area contributed by atoms with Crippen molar-refractivity contribution in [2.75, 3.05) is 0 Å². The fourth-order valence-corrected chi connectivity index (χ4v) is 3.25. The Balaban J connectivity index is 1.78. The molecule has 0 aliphatic carbocycles. The zero-order valence-corrected chi connectivity index (χ0v) is 14.3. The Hall–Kier alpha value is -2.66. The van der Waals surface area contributed by atoms with Crippen LogP contribution in [-0.4, -0.2) is 16.1 Å². The van der Waals surface area contributed by atoms with Crippen molar-refractivity contribution in [3.8, 4) is 22.1 Å². The molecule has 0 radical (unpaired) electrons. The summed E-state index contributed by atoms with van der Waals surface area (Å²) < 4.78 is 5.99. The monoisotopic (exact) mass is 339 g/mol. The molecule has 2 aromatic carbocycles. The first-order chi connectivity index (χ1) is 11.5. The van der Waals surface area contributed by atoms with Crippen molar-refractivity contribution in [3.05, 3.63) is 64.7 Å². The van der Waals surface area contributed by atoms with Gasteiger partial charge in [-0.3, -0.25) is 4.79 Å². The number of hydrogen-bond donors (Lipinski definition) is 1. The third-order valence-electron chi connectivity index (χ3n) is 3.61. The highest BCUT2D eigenvalue weighted by Gasteiger charge is 2.09. The van der Waals surface area contributed by atoms with Crippen LogP contribution in [0.4, 0.5) is 0 Å². The van der Waals surface area contributed by atoms with E-state index >= 15 is 0 Å². The maximum absolute atomic E-state index is 10.7. The van der Waals surface area contributed by atoms with Crippen LogP contribution in [0.2, 0.25) is 0 Å². The first-order valence-electron chi connectivity index (χ1n) is 7.53. The van der Waals surface area contributed by atoms with E-state index in [0.717, 1.165) is 33.2 Å². The zero-order valence-electron chi connectivity index (χ0n) is 13.4. The molecule has 1 aromatic heterocycles. The van der Waals surface area contributed by atoms with Crippen molar-refractivity contribution < 1.29 is 14.6 Å². The number of carboxylic acids is 1. The van der Waals surface area contributed by atoms with Crippen molar-refractivity contribution in [1.29, 1.82) is 0 Å². The second-order valence-electron chi connectivity index (χ2n) is 5.56. The quantitative estimate of drug-likeness (QED) is 0.722. The molecule has 0 spiro atoms. The summed E-state index contributed by atoms with van der Waals surface area (Å²) in [6.45, 7) is 4.05. The Kier molecular flexibility index (Phi) is 4.62. The lowest BCUT2D eigenvalue weighted by Gasteiger charge is -2.11. The number of ether oxygens (including phenoxy) is 1. The number of carboxylic acid groups (broad SMARTS) is 1. The maximum atomic E-state index is 10.7. The highest BCUT2D eigenvalue weighted by molar-refractivity contribution is 7.13. The predicted octanol–water partition coefficient (Wildman–Crippen LogP) is 4.85. The van der Waals surface area contributed by atoms with Crippen LogP contribution in [0.25, 0.3) is 10.6 Å². The third-order valence-corrected chi connectivity index (χ3v) is 4.55. The summed E-state index contributed by atoms with van der Waals surface area (Å²) in [4.78, 5) is 15.1. The number of rotatable bonds is 5. The molecule has 24 heavy (non-hydrogen) atoms. The molecule has 4 nitrogen and oxygen atoms in total. The van der Waals surface area contributed by atoms with Crippen molar-refractivity contribution >= 4 is 17.3 Å². The van der Waals surface area contributed by atoms with E-state index in [1.807, 2.05) is 56.3 Å². The van der Waals surface area contributed by atoms with Gasteiger partial charge in [0.05, 0.1) is 12.1 Å². The number of aromatic nitrogens is 1. The molecule has 0 atom stereocenters. The molecule has 0 fully saturated rings. The molecule has 0 aliphatic rings. The van der Waals surface area contributed by atoms with Gasteiger partial charge >= 0.3 is 5.97 Å². The predicted molar refractivity (Wildman–Crippen MR) is 94.9 cm³/mol. The van der Waals surface area contributed by atoms with Gasteiger partial charge in [0, 0.05) is 10.9 Å². The van der Waals surface area contributed by atoms with E-state index in [9.17, 15) is 4.79 Å². The number of nitrogens with zero attached hydrogens (tertiary/aromatic N) is 1. The molecule has 1 N–H and O–H groups in total. The number of para-hydroxylation sites is 1. The van der Waals surface area contributed by atoms with Gasteiger partial charge in [-0.1, -0.05) is 18.2 Å². The van der Waals surface area contributed by atoms with E-state index < -0.39 is 5.97 Å². The first-order valence-corrected chi connectivity index (χ1v) is 8.41. The topological polar surface area (TPSA) is 59.4 Å². The van der Waals surface area contributed by atoms with Gasteiger partial charge in [-0.05, 0) is 49.2 Å². The smallest absolute Gasteiger partial charge is 0.309 e. The number of thiazole rings is 1. The highest BCUT2D eigenvalue weighted by Crippen LogP contribution is 2.31. The standard InChI is InChI=1S/C19H17NO3S/c1-12-4-3-5-13(2)18(12)23-16-8-6-14(7-9-16)19-20-15(11-24-19)10-17(21)22/h3-9,11H,10H2,1-2H3,(H,21,22). The fourth-order valence-electron chi connectivity index (χ4n) is 2.42. The molecule has 1 heterocycles. The molecule has 3 rings (SSSR count). The summed E-state index contributed by atoms with van der Waals surface area (Å²) in [5, 5.41) is 11.4. The molecule has 0 saturated carbocycles. The average Bonchev–Trinajstić information content (AvgIpc) is 2.99. The van der Waals surface area contributed by atoms with Gasteiger partial charge in [0.25, 0.3) is 0 Å². The lowest BCUT2D eigenvalue weighted by molar-refractivity contribution is -0.136. The van der Waals surface area contributed by atoms with Crippen LogP contribution in [0.5, 0.6) is 11.5 Å². The van der Waals surface area contributed by atoms with Crippen molar-refractivity contribution in [2.24, 2.45) is 0 Å². The molecule has 0 unspecified atom stereocenters. The Morgan fingerprint density at radius 3 is 2.42 bits per heavy atom. The van der Waals surface area contributed by atoms with Gasteiger partial charge in [0.2, 0.25) is 0 Å². The van der Waals surface area contributed by atoms with Crippen LogP contribution < -0.4 is 4.74 Å². The summed E-state index contributed by atoms with van der Waals surface area (Å²) >= 11 is 1.44. The molecule has 0 saturated heterocycles. The van der Waals surface area contributed by atoms with Gasteiger partial charge in [0.15, 0.2) is 0 Å². The molecule has 5 heteroatoms. The first kappa shape index (κ1) is 16.2. The van der Waals surface area contributed by atoms with Crippen LogP contribution >= 0.6 is 11.3 Å². The van der Waals surface area contributed by atoms with E-state index in [0.29, 0.717) is 5.69 Å². The van der Waals surface area contributed by atoms with Gasteiger partial charge in [0.1, 0.15) is 16.5 Å². The summed E-state index contributed by atoms with van der Waals surface area (Å²) in [5.74, 6) is 0.769. The van der Waals surface area contributed by atoms with Gasteiger partial charge in [-0.2, -0.15) is 0 Å². The Morgan fingerprint density at radius 1 is 1.12 bits per heavy atom. The average molecular weight is 339 g/mol. The second kappa shape index (κ2) is 6.84. The number of benzene rings is 2. The molecule has 3 aromatic rings. The number of carbonyl (C=O) groups is 1. The number of aliphatic carboxylic acids is 1. The van der Waals surface area contributed by atoms with Crippen molar-refractivity contribution in [1.82, 2.24) is 4.98 Å². The van der Waals surface area contributed by atoms with Crippen LogP contribution in [0.15, 0.2) is 47.8 Å². The minimum atomic E-state index is -0.871. The summed E-state index contributed by atoms with van der Waals surface area (Å²) in [6, 6.07) is 13.7. The number of hydrogen-bond acceptors (Lipinski definition) is 4. The van der Waals surface area contributed by atoms with Crippen LogP contribution in [0.3, 0.4) is 0 Å². The Bertz CT molecular complexity index is 848. The van der Waals surface area contributed by atoms with Crippen LogP contribution in [0.1, 0.15) is 16.8 Å². The minimum absolute atomic E-state index is 0.0513. The zero-order chi connectivity index (χ0) is 17.1. The Morgan fingerprint density at radius 2 is 1.79 bits per heavy atom. The lowest BCUT2D eigenvalue weighted by Crippen LogP contribution is -1.99. The highest BCUT2D eigenvalue weighted by atomic mass is 32.1. The molecule has 122 valence electrons. The third kappa shape index (κ3) is 3.63. The second-order valence-corrected chi connectivity index (χ2v) is 6.42. The van der Waals surface area contributed by atoms with Crippen molar-refractivity contribution in [2.45, 2.75) is 20.3 Å². The molecule has 0 bridgehead atoms. The molecular formula is C19H17NO3S. The normalized spacial score (nSPS) is 10.6. The van der Waals surface area contributed by atoms with E-state index in [1.165, 1.54) is 11.3 Å².